The summed E-state index contributed by atoms with van der Waals surface area (Å²) in [6.07, 6.45) is 0. The lowest BCUT2D eigenvalue weighted by Crippen LogP contribution is -2.38. The molecule has 20 heavy (non-hydrogen) atoms. The molecule has 0 fully saturated rings. The molecule has 0 saturated carbocycles. The van der Waals surface area contributed by atoms with Gasteiger partial charge in [-0.15, -0.1) is 0 Å². The van der Waals surface area contributed by atoms with E-state index >= 15 is 0 Å². The van der Waals surface area contributed by atoms with Crippen LogP contribution in [0, 0.1) is 17.7 Å². The quantitative estimate of drug-likeness (QED) is 0.344. The maximum atomic E-state index is 13.1. The number of nitrogens with two attached hydrogens (primary N) is 1. The Bertz CT molecular complexity index is 526. The van der Waals surface area contributed by atoms with Crippen molar-refractivity contribution in [2.45, 2.75) is 13.8 Å². The summed E-state index contributed by atoms with van der Waals surface area (Å²) in [6, 6.07) is 2.05. The summed E-state index contributed by atoms with van der Waals surface area (Å²) >= 11 is 11.7. The molecule has 110 valence electrons. The standard InChI is InChI=1S/C12H14Cl2FN3O2/c1-5(2)9(11(16)18-20)12(19)17-10-7(13)3-6(15)4-8(10)14/h3-5,9,20H,1-2H3,(H2,16,18)(H,17,19). The number of nitrogens with zero attached hydrogens (tertiary/aromatic N) is 1. The van der Waals surface area contributed by atoms with E-state index in [2.05, 4.69) is 10.5 Å². The van der Waals surface area contributed by atoms with E-state index in [0.29, 0.717) is 0 Å². The molecule has 1 rings (SSSR count). The van der Waals surface area contributed by atoms with Gasteiger partial charge in [-0.2, -0.15) is 0 Å². The van der Waals surface area contributed by atoms with Gasteiger partial charge in [0.25, 0.3) is 0 Å². The van der Waals surface area contributed by atoms with Crippen LogP contribution in [0.25, 0.3) is 0 Å². The van der Waals surface area contributed by atoms with Crippen molar-refractivity contribution >= 4 is 40.6 Å². The first-order valence-corrected chi connectivity index (χ1v) is 6.46. The highest BCUT2D eigenvalue weighted by atomic mass is 35.5. The second-order valence-corrected chi connectivity index (χ2v) is 5.29. The first-order valence-electron chi connectivity index (χ1n) is 5.70. The van der Waals surface area contributed by atoms with Crippen LogP contribution in [0.2, 0.25) is 10.0 Å². The Morgan fingerprint density at radius 3 is 2.30 bits per heavy atom. The number of anilines is 1. The molecule has 5 nitrogen and oxygen atoms in total. The third-order valence-corrected chi connectivity index (χ3v) is 3.23. The van der Waals surface area contributed by atoms with Crippen molar-refractivity contribution in [3.63, 3.8) is 0 Å². The lowest BCUT2D eigenvalue weighted by atomic mass is 9.94. The zero-order valence-corrected chi connectivity index (χ0v) is 12.3. The molecule has 1 atom stereocenters. The molecule has 0 aromatic heterocycles. The zero-order chi connectivity index (χ0) is 15.4. The normalized spacial score (nSPS) is 13.4. The second kappa shape index (κ2) is 6.76. The second-order valence-electron chi connectivity index (χ2n) is 4.48. The summed E-state index contributed by atoms with van der Waals surface area (Å²) in [5.74, 6) is -2.48. The predicted octanol–water partition coefficient (Wildman–Crippen LogP) is 3.09. The number of halogens is 3. The van der Waals surface area contributed by atoms with Gasteiger partial charge >= 0.3 is 0 Å². The molecule has 1 amide bonds. The Morgan fingerprint density at radius 2 is 1.90 bits per heavy atom. The van der Waals surface area contributed by atoms with E-state index in [9.17, 15) is 9.18 Å². The fraction of sp³-hybridized carbons (Fsp3) is 0.333. The van der Waals surface area contributed by atoms with Crippen LogP contribution in [-0.2, 0) is 4.79 Å². The molecule has 1 aromatic rings. The highest BCUT2D eigenvalue weighted by Gasteiger charge is 2.28. The van der Waals surface area contributed by atoms with Crippen molar-refractivity contribution in [3.8, 4) is 0 Å². The van der Waals surface area contributed by atoms with Gasteiger partial charge in [0.1, 0.15) is 11.7 Å². The van der Waals surface area contributed by atoms with Crippen LogP contribution in [0.4, 0.5) is 10.1 Å². The third kappa shape index (κ3) is 3.74. The van der Waals surface area contributed by atoms with Gasteiger partial charge < -0.3 is 16.3 Å². The molecule has 0 spiro atoms. The smallest absolute Gasteiger partial charge is 0.235 e. The fourth-order valence-corrected chi connectivity index (χ4v) is 2.26. The van der Waals surface area contributed by atoms with E-state index in [1.54, 1.807) is 13.8 Å². The van der Waals surface area contributed by atoms with Crippen molar-refractivity contribution in [1.29, 1.82) is 0 Å². The van der Waals surface area contributed by atoms with Crippen LogP contribution >= 0.6 is 23.2 Å². The summed E-state index contributed by atoms with van der Waals surface area (Å²) in [4.78, 5) is 12.1. The van der Waals surface area contributed by atoms with Crippen molar-refractivity contribution in [2.75, 3.05) is 5.32 Å². The predicted molar refractivity (Wildman–Crippen MR) is 76.8 cm³/mol. The summed E-state index contributed by atoms with van der Waals surface area (Å²) in [7, 11) is 0. The van der Waals surface area contributed by atoms with Crippen molar-refractivity contribution in [2.24, 2.45) is 22.7 Å². The van der Waals surface area contributed by atoms with Gasteiger partial charge in [0.05, 0.1) is 15.7 Å². The Labute approximate surface area is 125 Å². The number of benzene rings is 1. The van der Waals surface area contributed by atoms with Crippen molar-refractivity contribution < 1.29 is 14.4 Å². The largest absolute Gasteiger partial charge is 0.409 e. The molecule has 0 aliphatic rings. The molecule has 1 aromatic carbocycles. The maximum Gasteiger partial charge on any atom is 0.235 e. The molecular weight excluding hydrogens is 308 g/mol. The number of hydrogen-bond donors (Lipinski definition) is 3. The molecule has 0 saturated heterocycles. The summed E-state index contributed by atoms with van der Waals surface area (Å²) in [5.41, 5.74) is 5.57. The van der Waals surface area contributed by atoms with E-state index in [1.807, 2.05) is 0 Å². The van der Waals surface area contributed by atoms with Crippen LogP contribution in [0.15, 0.2) is 17.3 Å². The molecule has 0 bridgehead atoms. The van der Waals surface area contributed by atoms with E-state index in [4.69, 9.17) is 34.1 Å². The van der Waals surface area contributed by atoms with Gasteiger partial charge in [-0.3, -0.25) is 4.79 Å². The number of oxime groups is 1. The molecule has 8 heteroatoms. The average molecular weight is 322 g/mol. The number of carbonyl (C=O) groups is 1. The summed E-state index contributed by atoms with van der Waals surface area (Å²) in [5, 5.41) is 13.9. The number of rotatable bonds is 4. The first kappa shape index (κ1) is 16.5. The van der Waals surface area contributed by atoms with Crippen LogP contribution < -0.4 is 11.1 Å². The molecular formula is C12H14Cl2FN3O2. The number of nitrogens with one attached hydrogen (secondary N) is 1. The first-order chi connectivity index (χ1) is 9.27. The van der Waals surface area contributed by atoms with Gasteiger partial charge in [-0.05, 0) is 18.1 Å². The number of hydrogen-bond acceptors (Lipinski definition) is 3. The minimum Gasteiger partial charge on any atom is -0.409 e. The lowest BCUT2D eigenvalue weighted by Gasteiger charge is -2.19. The molecule has 4 N–H and O–H groups in total. The van der Waals surface area contributed by atoms with E-state index in [-0.39, 0.29) is 27.5 Å². The highest BCUT2D eigenvalue weighted by molar-refractivity contribution is 6.39. The molecule has 0 aliphatic carbocycles. The Morgan fingerprint density at radius 1 is 1.40 bits per heavy atom. The fourth-order valence-electron chi connectivity index (χ4n) is 1.70. The summed E-state index contributed by atoms with van der Waals surface area (Å²) in [6.45, 7) is 3.46. The SMILES string of the molecule is CC(C)C(C(=O)Nc1c(Cl)cc(F)cc1Cl)C(N)=NO. The number of carbonyl (C=O) groups excluding carboxylic acids is 1. The van der Waals surface area contributed by atoms with Gasteiger partial charge in [0.15, 0.2) is 5.84 Å². The van der Waals surface area contributed by atoms with Gasteiger partial charge in [0.2, 0.25) is 5.91 Å². The van der Waals surface area contributed by atoms with Crippen LogP contribution in [0.3, 0.4) is 0 Å². The minimum absolute atomic E-state index is 0.0367. The van der Waals surface area contributed by atoms with Crippen molar-refractivity contribution in [3.05, 3.63) is 28.0 Å². The highest BCUT2D eigenvalue weighted by Crippen LogP contribution is 2.32. The van der Waals surface area contributed by atoms with Gasteiger partial charge in [-0.1, -0.05) is 42.2 Å². The topological polar surface area (TPSA) is 87.7 Å². The number of amidine groups is 1. The average Bonchev–Trinajstić information content (AvgIpc) is 2.33. The monoisotopic (exact) mass is 321 g/mol. The Balaban J connectivity index is 3.06. The molecule has 0 heterocycles. The van der Waals surface area contributed by atoms with Crippen molar-refractivity contribution in [1.82, 2.24) is 0 Å². The molecule has 0 aliphatic heterocycles. The minimum atomic E-state index is -0.864. The van der Waals surface area contributed by atoms with E-state index in [1.165, 1.54) is 0 Å². The zero-order valence-electron chi connectivity index (χ0n) is 10.8. The Hall–Kier alpha value is -1.53. The van der Waals surface area contributed by atoms with Gasteiger partial charge in [-0.25, -0.2) is 4.39 Å². The molecule has 1 unspecified atom stereocenters. The Kier molecular flexibility index (Phi) is 5.59. The van der Waals surface area contributed by atoms with E-state index in [0.717, 1.165) is 12.1 Å². The van der Waals surface area contributed by atoms with Crippen LogP contribution in [0.1, 0.15) is 13.8 Å². The maximum absolute atomic E-state index is 13.1. The van der Waals surface area contributed by atoms with E-state index < -0.39 is 17.6 Å². The van der Waals surface area contributed by atoms with Gasteiger partial charge in [0, 0.05) is 0 Å². The third-order valence-electron chi connectivity index (χ3n) is 2.64. The lowest BCUT2D eigenvalue weighted by molar-refractivity contribution is -0.119. The summed E-state index contributed by atoms with van der Waals surface area (Å²) < 4.78 is 13.1. The van der Waals surface area contributed by atoms with Crippen LogP contribution in [0.5, 0.6) is 0 Å². The van der Waals surface area contributed by atoms with Crippen LogP contribution in [-0.4, -0.2) is 17.0 Å². The molecule has 0 radical (unpaired) electrons. The number of amides is 1.